The molecule has 0 aliphatic heterocycles. The first-order valence-electron chi connectivity index (χ1n) is 6.99. The van der Waals surface area contributed by atoms with E-state index < -0.39 is 0 Å². The van der Waals surface area contributed by atoms with Crippen molar-refractivity contribution in [2.24, 2.45) is 5.84 Å². The third kappa shape index (κ3) is 3.75. The molecule has 0 aliphatic rings. The van der Waals surface area contributed by atoms with Gasteiger partial charge in [0.15, 0.2) is 5.75 Å². The molecule has 0 radical (unpaired) electrons. The fraction of sp³-hybridized carbons (Fsp3) is 0.400. The van der Waals surface area contributed by atoms with Crippen molar-refractivity contribution >= 4 is 11.6 Å². The van der Waals surface area contributed by atoms with Crippen LogP contribution in [0, 0.1) is 0 Å². The van der Waals surface area contributed by atoms with Crippen LogP contribution in [-0.4, -0.2) is 16.9 Å². The number of methoxy groups -OCH3 is 1. The summed E-state index contributed by atoms with van der Waals surface area (Å²) < 4.78 is 7.36. The van der Waals surface area contributed by atoms with Crippen LogP contribution in [0.3, 0.4) is 0 Å². The van der Waals surface area contributed by atoms with E-state index in [0.29, 0.717) is 0 Å². The van der Waals surface area contributed by atoms with E-state index >= 15 is 0 Å². The van der Waals surface area contributed by atoms with Crippen LogP contribution >= 0.6 is 11.6 Å². The molecule has 0 saturated heterocycles. The average Bonchev–Trinajstić information content (AvgIpc) is 2.90. The van der Waals surface area contributed by atoms with Crippen molar-refractivity contribution in [3.8, 4) is 5.75 Å². The highest BCUT2D eigenvalue weighted by Crippen LogP contribution is 2.27. The molecule has 5 nitrogen and oxygen atoms in total. The molecule has 21 heavy (non-hydrogen) atoms. The van der Waals surface area contributed by atoms with E-state index in [0.717, 1.165) is 41.4 Å². The van der Waals surface area contributed by atoms with Gasteiger partial charge in [0.2, 0.25) is 0 Å². The van der Waals surface area contributed by atoms with Crippen LogP contribution in [0.4, 0.5) is 0 Å². The Balaban J connectivity index is 2.27. The first-order chi connectivity index (χ1) is 10.2. The molecule has 0 saturated carbocycles. The van der Waals surface area contributed by atoms with E-state index in [1.54, 1.807) is 13.3 Å². The Kier molecular flexibility index (Phi) is 5.61. The molecule has 2 rings (SSSR count). The van der Waals surface area contributed by atoms with E-state index in [-0.39, 0.29) is 6.04 Å². The minimum absolute atomic E-state index is 0.0739. The van der Waals surface area contributed by atoms with E-state index in [1.807, 2.05) is 28.9 Å². The van der Waals surface area contributed by atoms with Crippen molar-refractivity contribution in [1.29, 1.82) is 0 Å². The van der Waals surface area contributed by atoms with Gasteiger partial charge < -0.3 is 4.74 Å². The molecule has 0 amide bonds. The van der Waals surface area contributed by atoms with Crippen LogP contribution in [0.5, 0.6) is 5.75 Å². The Morgan fingerprint density at radius 1 is 1.38 bits per heavy atom. The van der Waals surface area contributed by atoms with Gasteiger partial charge in [0.05, 0.1) is 25.0 Å². The summed E-state index contributed by atoms with van der Waals surface area (Å²) in [5.74, 6) is 6.51. The number of hydrogen-bond acceptors (Lipinski definition) is 4. The Bertz CT molecular complexity index is 568. The van der Waals surface area contributed by atoms with Crippen LogP contribution < -0.4 is 16.0 Å². The van der Waals surface area contributed by atoms with Crippen LogP contribution in [0.15, 0.2) is 30.5 Å². The first kappa shape index (κ1) is 15.8. The Morgan fingerprint density at radius 2 is 2.10 bits per heavy atom. The lowest BCUT2D eigenvalue weighted by atomic mass is 10.0. The molecule has 0 spiro atoms. The predicted octanol–water partition coefficient (Wildman–Crippen LogP) is 2.70. The largest absolute Gasteiger partial charge is 0.493 e. The van der Waals surface area contributed by atoms with Crippen LogP contribution in [0.25, 0.3) is 0 Å². The molecule has 1 unspecified atom stereocenters. The van der Waals surface area contributed by atoms with Crippen molar-refractivity contribution in [2.45, 2.75) is 32.4 Å². The number of aromatic nitrogens is 2. The number of halogens is 1. The van der Waals surface area contributed by atoms with Gasteiger partial charge >= 0.3 is 0 Å². The van der Waals surface area contributed by atoms with E-state index in [4.69, 9.17) is 22.2 Å². The molecule has 2 aromatic rings. The topological polar surface area (TPSA) is 65.1 Å². The monoisotopic (exact) mass is 308 g/mol. The second-order valence-corrected chi connectivity index (χ2v) is 5.31. The zero-order chi connectivity index (χ0) is 15.2. The van der Waals surface area contributed by atoms with Crippen molar-refractivity contribution in [1.82, 2.24) is 15.2 Å². The van der Waals surface area contributed by atoms with Crippen LogP contribution in [0.2, 0.25) is 5.02 Å². The number of hydrazine groups is 1. The zero-order valence-electron chi connectivity index (χ0n) is 12.3. The smallest absolute Gasteiger partial charge is 0.161 e. The van der Waals surface area contributed by atoms with E-state index in [1.165, 1.54) is 0 Å². The summed E-state index contributed by atoms with van der Waals surface area (Å²) in [6.45, 7) is 2.94. The number of rotatable bonds is 7. The fourth-order valence-electron chi connectivity index (χ4n) is 2.37. The fourth-order valence-corrected chi connectivity index (χ4v) is 2.49. The number of benzene rings is 1. The molecule has 1 aromatic heterocycles. The second-order valence-electron chi connectivity index (χ2n) is 4.87. The maximum atomic E-state index is 5.92. The van der Waals surface area contributed by atoms with Gasteiger partial charge in [0.1, 0.15) is 0 Å². The summed E-state index contributed by atoms with van der Waals surface area (Å²) in [4.78, 5) is 0. The van der Waals surface area contributed by atoms with Gasteiger partial charge in [-0.05, 0) is 30.5 Å². The molecule has 1 heterocycles. The standard InChI is InChI=1S/C15H21ClN4O/c1-3-8-20-15(14(21-2)10-18-20)13(19-17)9-11-4-6-12(16)7-5-11/h4-7,10,13,19H,3,8-9,17H2,1-2H3. The number of nitrogens with zero attached hydrogens (tertiary/aromatic N) is 2. The molecule has 3 N–H and O–H groups in total. The normalized spacial score (nSPS) is 12.4. The highest BCUT2D eigenvalue weighted by atomic mass is 35.5. The lowest BCUT2D eigenvalue weighted by Crippen LogP contribution is -2.31. The number of aryl methyl sites for hydroxylation is 1. The molecule has 0 bridgehead atoms. The van der Waals surface area contributed by atoms with E-state index in [2.05, 4.69) is 17.4 Å². The van der Waals surface area contributed by atoms with Crippen LogP contribution in [0.1, 0.15) is 30.6 Å². The molecular formula is C15H21ClN4O. The summed E-state index contributed by atoms with van der Waals surface area (Å²) in [6, 6.07) is 7.69. The summed E-state index contributed by atoms with van der Waals surface area (Å²) >= 11 is 5.92. The highest BCUT2D eigenvalue weighted by molar-refractivity contribution is 6.30. The number of hydrogen-bond donors (Lipinski definition) is 2. The van der Waals surface area contributed by atoms with Crippen molar-refractivity contribution in [3.05, 3.63) is 46.7 Å². The minimum Gasteiger partial charge on any atom is -0.493 e. The summed E-state index contributed by atoms with van der Waals surface area (Å²) in [5.41, 5.74) is 4.98. The Labute approximate surface area is 130 Å². The number of nitrogens with two attached hydrogens (primary N) is 1. The van der Waals surface area contributed by atoms with Gasteiger partial charge in [-0.1, -0.05) is 30.7 Å². The van der Waals surface area contributed by atoms with Gasteiger partial charge in [-0.3, -0.25) is 16.0 Å². The van der Waals surface area contributed by atoms with Crippen molar-refractivity contribution in [2.75, 3.05) is 7.11 Å². The van der Waals surface area contributed by atoms with Gasteiger partial charge in [-0.15, -0.1) is 0 Å². The third-order valence-electron chi connectivity index (χ3n) is 3.38. The molecule has 114 valence electrons. The molecule has 0 aliphatic carbocycles. The molecule has 0 fully saturated rings. The lowest BCUT2D eigenvalue weighted by molar-refractivity contribution is 0.389. The maximum absolute atomic E-state index is 5.92. The highest BCUT2D eigenvalue weighted by Gasteiger charge is 2.21. The van der Waals surface area contributed by atoms with Gasteiger partial charge in [-0.2, -0.15) is 5.10 Å². The van der Waals surface area contributed by atoms with E-state index in [9.17, 15) is 0 Å². The van der Waals surface area contributed by atoms with Crippen LogP contribution in [-0.2, 0) is 13.0 Å². The average molecular weight is 309 g/mol. The molecule has 6 heteroatoms. The zero-order valence-corrected chi connectivity index (χ0v) is 13.1. The Hall–Kier alpha value is -1.56. The quantitative estimate of drug-likeness (QED) is 0.610. The molecule has 1 aromatic carbocycles. The predicted molar refractivity (Wildman–Crippen MR) is 84.3 cm³/mol. The van der Waals surface area contributed by atoms with Gasteiger partial charge in [-0.25, -0.2) is 0 Å². The Morgan fingerprint density at radius 3 is 2.67 bits per heavy atom. The summed E-state index contributed by atoms with van der Waals surface area (Å²) in [6.07, 6.45) is 3.46. The number of nitrogens with one attached hydrogen (secondary N) is 1. The van der Waals surface area contributed by atoms with Crippen molar-refractivity contribution < 1.29 is 4.74 Å². The van der Waals surface area contributed by atoms with Crippen molar-refractivity contribution in [3.63, 3.8) is 0 Å². The second kappa shape index (κ2) is 7.45. The first-order valence-corrected chi connectivity index (χ1v) is 7.37. The lowest BCUT2D eigenvalue weighted by Gasteiger charge is -2.19. The minimum atomic E-state index is -0.0739. The molecule has 1 atom stereocenters. The molecular weight excluding hydrogens is 288 g/mol. The van der Waals surface area contributed by atoms with Gasteiger partial charge in [0, 0.05) is 11.6 Å². The summed E-state index contributed by atoms with van der Waals surface area (Å²) in [5, 5.41) is 5.10. The maximum Gasteiger partial charge on any atom is 0.161 e. The number of ether oxygens (including phenoxy) is 1. The SMILES string of the molecule is CCCn1ncc(OC)c1C(Cc1ccc(Cl)cc1)NN. The summed E-state index contributed by atoms with van der Waals surface area (Å²) in [7, 11) is 1.65. The van der Waals surface area contributed by atoms with Gasteiger partial charge in [0.25, 0.3) is 0 Å². The third-order valence-corrected chi connectivity index (χ3v) is 3.64.